The number of hydrogen-bond donors (Lipinski definition) is 1. The Morgan fingerprint density at radius 2 is 1.77 bits per heavy atom. The number of methoxy groups -OCH3 is 1. The fourth-order valence-corrected chi connectivity index (χ4v) is 5.07. The van der Waals surface area contributed by atoms with Gasteiger partial charge in [0.25, 0.3) is 0 Å². The lowest BCUT2D eigenvalue weighted by Crippen LogP contribution is -2.71. The Bertz CT molecular complexity index is 1230. The van der Waals surface area contributed by atoms with Gasteiger partial charge in [0.1, 0.15) is 29.8 Å². The highest BCUT2D eigenvalue weighted by Crippen LogP contribution is 2.44. The Morgan fingerprint density at radius 3 is 2.36 bits per heavy atom. The lowest BCUT2D eigenvalue weighted by Gasteiger charge is -2.41. The zero-order valence-electron chi connectivity index (χ0n) is 24.1. The number of amides is 1. The molecule has 0 spiro atoms. The van der Waals surface area contributed by atoms with Crippen LogP contribution in [-0.4, -0.2) is 49.6 Å². The molecule has 0 saturated carbocycles. The molecule has 212 valence electrons. The second kappa shape index (κ2) is 11.8. The molecule has 0 bridgehead atoms. The quantitative estimate of drug-likeness (QED) is 0.335. The number of fused-ring (bicyclic) bond motifs is 1. The molecular weight excluding hydrogens is 520 g/mol. The Kier molecular flexibility index (Phi) is 9.27. The first-order chi connectivity index (χ1) is 18.1. The summed E-state index contributed by atoms with van der Waals surface area (Å²) in [5.41, 5.74) is 4.07. The smallest absolute Gasteiger partial charge is 0.363 e. The van der Waals surface area contributed by atoms with Crippen LogP contribution in [-0.2, 0) is 23.9 Å². The van der Waals surface area contributed by atoms with Crippen LogP contribution in [0.4, 0.5) is 5.69 Å². The predicted molar refractivity (Wildman–Crippen MR) is 151 cm³/mol. The van der Waals surface area contributed by atoms with Crippen molar-refractivity contribution >= 4 is 34.9 Å². The third kappa shape index (κ3) is 7.45. The summed E-state index contributed by atoms with van der Waals surface area (Å²) in [5.74, 6) is -0.538. The van der Waals surface area contributed by atoms with Crippen molar-refractivity contribution in [2.24, 2.45) is 5.41 Å². The molecule has 2 aromatic carbocycles. The van der Waals surface area contributed by atoms with Crippen LogP contribution in [0.15, 0.2) is 42.5 Å². The summed E-state index contributed by atoms with van der Waals surface area (Å²) < 4.78 is 17.1. The van der Waals surface area contributed by atoms with Crippen molar-refractivity contribution in [1.82, 2.24) is 10.0 Å². The van der Waals surface area contributed by atoms with Crippen molar-refractivity contribution in [2.75, 3.05) is 20.3 Å². The van der Waals surface area contributed by atoms with Crippen molar-refractivity contribution in [2.45, 2.75) is 72.6 Å². The molecule has 1 amide bonds. The molecule has 3 atom stereocenters. The molecule has 1 aliphatic heterocycles. The van der Waals surface area contributed by atoms with Crippen molar-refractivity contribution in [3.8, 4) is 5.75 Å². The first-order valence-corrected chi connectivity index (χ1v) is 13.4. The van der Waals surface area contributed by atoms with Crippen molar-refractivity contribution in [3.05, 3.63) is 58.6 Å². The van der Waals surface area contributed by atoms with Gasteiger partial charge in [-0.3, -0.25) is 9.59 Å². The maximum atomic E-state index is 14.2. The fraction of sp³-hybridized carbons (Fsp3) is 0.500. The maximum Gasteiger partial charge on any atom is 0.363 e. The van der Waals surface area contributed by atoms with Gasteiger partial charge in [0.2, 0.25) is 0 Å². The first-order valence-electron chi connectivity index (χ1n) is 13.0. The molecule has 1 unspecified atom stereocenters. The van der Waals surface area contributed by atoms with Crippen molar-refractivity contribution in [1.29, 1.82) is 0 Å². The number of carbonyl (C=O) groups is 3. The molecule has 8 nitrogen and oxygen atoms in total. The van der Waals surface area contributed by atoms with Gasteiger partial charge in [-0.15, -0.1) is 10.0 Å². The van der Waals surface area contributed by atoms with Crippen molar-refractivity contribution < 1.29 is 28.6 Å². The number of esters is 1. The van der Waals surface area contributed by atoms with E-state index >= 15 is 0 Å². The normalized spacial score (nSPS) is 20.5. The third-order valence-corrected chi connectivity index (χ3v) is 6.41. The molecule has 0 radical (unpaired) electrons. The third-order valence-electron chi connectivity index (χ3n) is 6.17. The molecule has 1 aliphatic rings. The summed E-state index contributed by atoms with van der Waals surface area (Å²) in [7, 11) is 1.58. The summed E-state index contributed by atoms with van der Waals surface area (Å²) >= 11 is 6.50. The number of hydrogen-bond acceptors (Lipinski definition) is 7. The Balaban J connectivity index is 2.28. The molecule has 9 heteroatoms. The van der Waals surface area contributed by atoms with Gasteiger partial charge in [-0.1, -0.05) is 50.6 Å². The van der Waals surface area contributed by atoms with Gasteiger partial charge >= 0.3 is 11.9 Å². The Labute approximate surface area is 236 Å². The Morgan fingerprint density at radius 1 is 1.10 bits per heavy atom. The van der Waals surface area contributed by atoms with E-state index in [1.165, 1.54) is 6.92 Å². The van der Waals surface area contributed by atoms with Crippen molar-refractivity contribution in [3.63, 3.8) is 0 Å². The topological polar surface area (TPSA) is 90.9 Å². The van der Waals surface area contributed by atoms with E-state index in [9.17, 15) is 14.4 Å². The monoisotopic (exact) mass is 559 g/mol. The molecule has 2 aromatic rings. The largest absolute Gasteiger partial charge is 0.496 e. The average Bonchev–Trinajstić information content (AvgIpc) is 2.91. The summed E-state index contributed by atoms with van der Waals surface area (Å²) in [6, 6.07) is 11.6. The molecule has 0 aromatic heterocycles. The molecule has 0 aliphatic carbocycles. The summed E-state index contributed by atoms with van der Waals surface area (Å²) in [6.45, 7) is 12.7. The molecule has 0 saturated heterocycles. The number of halogens is 1. The van der Waals surface area contributed by atoms with E-state index in [1.54, 1.807) is 46.1 Å². The van der Waals surface area contributed by atoms with Crippen LogP contribution in [0.3, 0.4) is 0 Å². The number of ketones is 1. The number of para-hydroxylation sites is 1. The minimum atomic E-state index is -1.08. The van der Waals surface area contributed by atoms with Gasteiger partial charge in [-0.05, 0) is 45.9 Å². The minimum Gasteiger partial charge on any atom is -0.496 e. The predicted octanol–water partition coefficient (Wildman–Crippen LogP) is 5.54. The van der Waals surface area contributed by atoms with Crippen LogP contribution in [0.5, 0.6) is 5.75 Å². The Hall–Kier alpha value is -2.78. The van der Waals surface area contributed by atoms with Crippen LogP contribution in [0, 0.1) is 5.41 Å². The number of carbonyl (C=O) groups excluding carboxylic acids is 3. The molecule has 1 N–H and O–H groups in total. The zero-order valence-corrected chi connectivity index (χ0v) is 24.8. The second-order valence-corrected chi connectivity index (χ2v) is 12.6. The fourth-order valence-electron chi connectivity index (χ4n) is 4.89. The van der Waals surface area contributed by atoms with Gasteiger partial charge in [0.05, 0.1) is 12.7 Å². The van der Waals surface area contributed by atoms with Crippen LogP contribution in [0.1, 0.15) is 72.1 Å². The SMILES string of the molecule is COc1ccccc1[C@H]1OCC(=O)[N+](CC(C)(C)C)(N[C@@H](CC(C)=O)C(=O)OC(C)(C)C)c2ccc(Cl)cc21. The number of nitrogens with zero attached hydrogens (tertiary/aromatic N) is 1. The minimum absolute atomic E-state index is 0.147. The second-order valence-electron chi connectivity index (χ2n) is 12.2. The maximum absolute atomic E-state index is 14.2. The first kappa shape index (κ1) is 30.8. The molecule has 1 heterocycles. The standard InChI is InChI=1S/C30H40ClN2O6/c1-19(34)15-23(28(36)39-30(5,6)7)32-33(18-29(2,3)4)24-14-13-20(31)16-22(24)27(38-17-26(33)35)21-11-9-10-12-25(21)37-8/h9-14,16,23,27,32H,15,17-18H2,1-8H3/q+1/t23-,27+,33?/m0/s1. The molecular formula is C30H40ClN2O6+. The van der Waals surface area contributed by atoms with Gasteiger partial charge in [0, 0.05) is 28.5 Å². The number of benzene rings is 2. The van der Waals surface area contributed by atoms with E-state index in [0.717, 1.165) is 5.56 Å². The highest BCUT2D eigenvalue weighted by atomic mass is 35.5. The molecule has 39 heavy (non-hydrogen) atoms. The highest BCUT2D eigenvalue weighted by Gasteiger charge is 2.51. The number of rotatable bonds is 8. The van der Waals surface area contributed by atoms with E-state index in [1.807, 2.05) is 45.0 Å². The van der Waals surface area contributed by atoms with Crippen LogP contribution >= 0.6 is 11.6 Å². The van der Waals surface area contributed by atoms with Gasteiger partial charge in [-0.2, -0.15) is 0 Å². The number of quaternary nitrogens is 1. The highest BCUT2D eigenvalue weighted by molar-refractivity contribution is 6.30. The zero-order chi connectivity index (χ0) is 29.2. The number of Topliss-reactive ketones (excluding diaryl/α,β-unsaturated/α-hetero) is 1. The van der Waals surface area contributed by atoms with E-state index in [-0.39, 0.29) is 31.3 Å². The lowest BCUT2D eigenvalue weighted by atomic mass is 9.93. The summed E-state index contributed by atoms with van der Waals surface area (Å²) in [5, 5.41) is 0.466. The van der Waals surface area contributed by atoms with Crippen LogP contribution < -0.4 is 14.8 Å². The number of ether oxygens (including phenoxy) is 3. The summed E-state index contributed by atoms with van der Waals surface area (Å²) in [6.07, 6.45) is -0.820. The lowest BCUT2D eigenvalue weighted by molar-refractivity contribution is -0.161. The number of nitrogens with one attached hydrogen (secondary N) is 1. The van der Waals surface area contributed by atoms with E-state index in [4.69, 9.17) is 25.8 Å². The van der Waals surface area contributed by atoms with Gasteiger partial charge < -0.3 is 14.2 Å². The summed E-state index contributed by atoms with van der Waals surface area (Å²) in [4.78, 5) is 39.9. The molecule has 0 fully saturated rings. The van der Waals surface area contributed by atoms with E-state index in [0.29, 0.717) is 22.0 Å². The van der Waals surface area contributed by atoms with E-state index in [2.05, 4.69) is 5.43 Å². The van der Waals surface area contributed by atoms with Gasteiger partial charge in [-0.25, -0.2) is 4.79 Å². The van der Waals surface area contributed by atoms with Crippen LogP contribution in [0.25, 0.3) is 0 Å². The van der Waals surface area contributed by atoms with E-state index < -0.39 is 33.7 Å². The average molecular weight is 560 g/mol. The molecule has 3 rings (SSSR count). The van der Waals surface area contributed by atoms with Gasteiger partial charge in [0.15, 0.2) is 18.3 Å². The van der Waals surface area contributed by atoms with Crippen LogP contribution in [0.2, 0.25) is 5.02 Å².